The third kappa shape index (κ3) is 3.24. The topological polar surface area (TPSA) is 9.23 Å². The van der Waals surface area contributed by atoms with Gasteiger partial charge in [-0.25, -0.2) is 0 Å². The molecular weight excluding hydrogens is 262 g/mol. The van der Waals surface area contributed by atoms with Crippen molar-refractivity contribution in [2.24, 2.45) is 0 Å². The summed E-state index contributed by atoms with van der Waals surface area (Å²) in [5.41, 5.74) is 0.651. The number of hydrogen-bond donors (Lipinski definition) is 0. The molecule has 0 unspecified atom stereocenters. The Balaban J connectivity index is 3.32. The van der Waals surface area contributed by atoms with Crippen molar-refractivity contribution in [3.8, 4) is 5.75 Å². The zero-order valence-corrected chi connectivity index (χ0v) is 13.1. The van der Waals surface area contributed by atoms with E-state index in [4.69, 9.17) is 4.74 Å². The monoisotopic (exact) mass is 284 g/mol. The lowest BCUT2D eigenvalue weighted by atomic mass is 10.2. The molecule has 1 aromatic carbocycles. The molecule has 0 heterocycles. The maximum Gasteiger partial charge on any atom is 0.270 e. The third-order valence-corrected chi connectivity index (χ3v) is 9.73. The highest BCUT2D eigenvalue weighted by molar-refractivity contribution is 6.96. The number of benzene rings is 1. The Morgan fingerprint density at radius 1 is 1.00 bits per heavy atom. The lowest BCUT2D eigenvalue weighted by Gasteiger charge is -2.30. The molecule has 0 spiro atoms. The van der Waals surface area contributed by atoms with E-state index >= 15 is 0 Å². The van der Waals surface area contributed by atoms with Crippen LogP contribution in [0.25, 0.3) is 5.20 Å². The lowest BCUT2D eigenvalue weighted by Crippen LogP contribution is -2.34. The summed E-state index contributed by atoms with van der Waals surface area (Å²) in [6, 6.07) is 9.53. The average molecular weight is 284 g/mol. The summed E-state index contributed by atoms with van der Waals surface area (Å²) in [6.07, 6.45) is -1.51. The summed E-state index contributed by atoms with van der Waals surface area (Å²) in [5.74, 6) is 0.694. The first-order valence-corrected chi connectivity index (χ1v) is 9.37. The zero-order valence-electron chi connectivity index (χ0n) is 12.1. The highest BCUT2D eigenvalue weighted by Gasteiger charge is 2.35. The molecule has 0 N–H and O–H groups in total. The molecule has 0 bridgehead atoms. The van der Waals surface area contributed by atoms with Crippen LogP contribution in [-0.2, 0) is 0 Å². The van der Waals surface area contributed by atoms with E-state index in [1.165, 1.54) is 0 Å². The molecule has 106 valence electrons. The summed E-state index contributed by atoms with van der Waals surface area (Å²) in [5, 5.41) is 0.322. The van der Waals surface area contributed by atoms with Crippen LogP contribution < -0.4 is 4.74 Å². The van der Waals surface area contributed by atoms with E-state index in [0.29, 0.717) is 16.5 Å². The Morgan fingerprint density at radius 2 is 1.47 bits per heavy atom. The van der Waals surface area contributed by atoms with Crippen LogP contribution in [0.15, 0.2) is 30.3 Å². The normalized spacial score (nSPS) is 11.3. The molecule has 1 rings (SSSR count). The molecule has 19 heavy (non-hydrogen) atoms. The van der Waals surface area contributed by atoms with E-state index in [1.807, 2.05) is 20.8 Å². The van der Waals surface area contributed by atoms with Gasteiger partial charge in [0.05, 0.1) is 15.2 Å². The van der Waals surface area contributed by atoms with Crippen LogP contribution in [0.5, 0.6) is 5.75 Å². The van der Waals surface area contributed by atoms with Crippen molar-refractivity contribution in [3.63, 3.8) is 0 Å². The molecule has 0 saturated carbocycles. The first-order chi connectivity index (χ1) is 9.04. The summed E-state index contributed by atoms with van der Waals surface area (Å²) in [4.78, 5) is 0. The van der Waals surface area contributed by atoms with E-state index in [2.05, 4.69) is 0 Å². The molecule has 1 aromatic rings. The first kappa shape index (κ1) is 15.9. The van der Waals surface area contributed by atoms with E-state index < -0.39 is 14.2 Å². The molecule has 0 saturated heterocycles. The molecule has 0 fully saturated rings. The SMILES string of the molecule is CC[Si](CC)(CC)C(=C(F)F)c1ccc(OC)cc1. The Labute approximate surface area is 115 Å². The van der Waals surface area contributed by atoms with Crippen LogP contribution in [0.4, 0.5) is 8.78 Å². The van der Waals surface area contributed by atoms with Crippen molar-refractivity contribution < 1.29 is 13.5 Å². The standard InChI is InChI=1S/C15H22F2OSi/c1-5-19(6-2,7-3)14(15(16)17)12-8-10-13(18-4)11-9-12/h8-11H,5-7H2,1-4H3. The molecule has 4 heteroatoms. The molecule has 0 aromatic heterocycles. The first-order valence-electron chi connectivity index (χ1n) is 6.74. The summed E-state index contributed by atoms with van der Waals surface area (Å²) in [7, 11) is -0.515. The number of halogens is 2. The van der Waals surface area contributed by atoms with E-state index in [1.54, 1.807) is 31.4 Å². The minimum Gasteiger partial charge on any atom is -0.497 e. The van der Waals surface area contributed by atoms with Gasteiger partial charge in [0.25, 0.3) is 6.08 Å². The molecular formula is C15H22F2OSi. The Kier molecular flexibility index (Phi) is 5.73. The van der Waals surface area contributed by atoms with E-state index in [-0.39, 0.29) is 0 Å². The second-order valence-corrected chi connectivity index (χ2v) is 9.89. The molecule has 0 amide bonds. The highest BCUT2D eigenvalue weighted by atomic mass is 28.3. The predicted octanol–water partition coefficient (Wildman–Crippen LogP) is 5.35. The van der Waals surface area contributed by atoms with Crippen molar-refractivity contribution in [3.05, 3.63) is 35.9 Å². The van der Waals surface area contributed by atoms with Gasteiger partial charge < -0.3 is 4.74 Å². The maximum atomic E-state index is 13.5. The van der Waals surface area contributed by atoms with Gasteiger partial charge in [0.2, 0.25) is 0 Å². The minimum atomic E-state index is -2.09. The van der Waals surface area contributed by atoms with Crippen molar-refractivity contribution >= 4 is 13.3 Å². The van der Waals surface area contributed by atoms with Crippen molar-refractivity contribution in [2.75, 3.05) is 7.11 Å². The lowest BCUT2D eigenvalue weighted by molar-refractivity contribution is 0.414. The molecule has 1 nitrogen and oxygen atoms in total. The fourth-order valence-electron chi connectivity index (χ4n) is 2.65. The van der Waals surface area contributed by atoms with Crippen LogP contribution in [0, 0.1) is 0 Å². The summed E-state index contributed by atoms with van der Waals surface area (Å²) >= 11 is 0. The van der Waals surface area contributed by atoms with Crippen molar-refractivity contribution in [2.45, 2.75) is 38.9 Å². The van der Waals surface area contributed by atoms with Gasteiger partial charge in [-0.15, -0.1) is 0 Å². The summed E-state index contributed by atoms with van der Waals surface area (Å²) in [6.45, 7) is 6.10. The molecule has 0 radical (unpaired) electrons. The fourth-order valence-corrected chi connectivity index (χ4v) is 6.39. The average Bonchev–Trinajstić information content (AvgIpc) is 2.45. The van der Waals surface area contributed by atoms with Gasteiger partial charge in [0, 0.05) is 5.20 Å². The molecule has 0 aliphatic rings. The van der Waals surface area contributed by atoms with Crippen LogP contribution in [0.3, 0.4) is 0 Å². The van der Waals surface area contributed by atoms with Gasteiger partial charge >= 0.3 is 0 Å². The van der Waals surface area contributed by atoms with Gasteiger partial charge in [0.1, 0.15) is 5.75 Å². The third-order valence-electron chi connectivity index (χ3n) is 4.13. The maximum absolute atomic E-state index is 13.5. The van der Waals surface area contributed by atoms with Gasteiger partial charge in [0.15, 0.2) is 0 Å². The molecule has 0 atom stereocenters. The number of methoxy groups -OCH3 is 1. The quantitative estimate of drug-likeness (QED) is 0.640. The fraction of sp³-hybridized carbons (Fsp3) is 0.467. The second-order valence-electron chi connectivity index (χ2n) is 4.70. The van der Waals surface area contributed by atoms with Crippen LogP contribution >= 0.6 is 0 Å². The van der Waals surface area contributed by atoms with Gasteiger partial charge in [-0.1, -0.05) is 51.0 Å². The zero-order chi connectivity index (χ0) is 14.5. The molecule has 0 aliphatic heterocycles. The van der Waals surface area contributed by atoms with Crippen LogP contribution in [0.1, 0.15) is 26.3 Å². The number of ether oxygens (including phenoxy) is 1. The smallest absolute Gasteiger partial charge is 0.270 e. The Bertz CT molecular complexity index is 424. The van der Waals surface area contributed by atoms with E-state index in [0.717, 1.165) is 18.1 Å². The van der Waals surface area contributed by atoms with Crippen LogP contribution in [-0.4, -0.2) is 15.2 Å². The van der Waals surface area contributed by atoms with Gasteiger partial charge in [-0.3, -0.25) is 0 Å². The van der Waals surface area contributed by atoms with Crippen molar-refractivity contribution in [1.29, 1.82) is 0 Å². The highest BCUT2D eigenvalue weighted by Crippen LogP contribution is 2.38. The van der Waals surface area contributed by atoms with E-state index in [9.17, 15) is 8.78 Å². The van der Waals surface area contributed by atoms with Crippen LogP contribution in [0.2, 0.25) is 18.1 Å². The molecule has 0 aliphatic carbocycles. The predicted molar refractivity (Wildman–Crippen MR) is 79.3 cm³/mol. The number of rotatable bonds is 6. The van der Waals surface area contributed by atoms with Crippen molar-refractivity contribution in [1.82, 2.24) is 0 Å². The van der Waals surface area contributed by atoms with Gasteiger partial charge in [-0.05, 0) is 17.7 Å². The Hall–Kier alpha value is -1.16. The number of hydrogen-bond acceptors (Lipinski definition) is 1. The summed E-state index contributed by atoms with van der Waals surface area (Å²) < 4.78 is 32.1. The largest absolute Gasteiger partial charge is 0.497 e. The Morgan fingerprint density at radius 3 is 1.79 bits per heavy atom. The van der Waals surface area contributed by atoms with Gasteiger partial charge in [-0.2, -0.15) is 8.78 Å². The minimum absolute atomic E-state index is 0.322. The second kappa shape index (κ2) is 6.85.